The van der Waals surface area contributed by atoms with Crippen molar-refractivity contribution in [2.75, 3.05) is 26.4 Å². The average molecular weight is 1020 g/mol. The molecule has 0 aromatic rings. The van der Waals surface area contributed by atoms with Gasteiger partial charge in [0.05, 0.1) is 19.8 Å². The minimum Gasteiger partial charge on any atom is -0.462 e. The first-order valence-corrected chi connectivity index (χ1v) is 27.9. The number of hydrogen-bond acceptors (Lipinski definition) is 15. The molecule has 0 spiro atoms. The Morgan fingerprint density at radius 2 is 0.861 bits per heavy atom. The molecule has 2 fully saturated rings. The van der Waals surface area contributed by atoms with E-state index in [2.05, 4.69) is 62.5 Å². The fourth-order valence-corrected chi connectivity index (χ4v) is 8.37. The van der Waals surface area contributed by atoms with Crippen molar-refractivity contribution in [3.8, 4) is 0 Å². The summed E-state index contributed by atoms with van der Waals surface area (Å²) < 4.78 is 33.6. The van der Waals surface area contributed by atoms with Crippen LogP contribution < -0.4 is 0 Å². The lowest BCUT2D eigenvalue weighted by atomic mass is 9.98. The van der Waals surface area contributed by atoms with Gasteiger partial charge in [-0.3, -0.25) is 9.59 Å². The summed E-state index contributed by atoms with van der Waals surface area (Å²) in [5.41, 5.74) is 0. The Morgan fingerprint density at radius 3 is 1.40 bits per heavy atom. The first kappa shape index (κ1) is 65.3. The standard InChI is InChI=1S/C57H98O15/c1-3-5-7-9-11-13-15-17-19-20-21-22-23-24-26-28-30-32-34-36-38-40-49(60)70-45(42-67-48(59)39-37-35-33-31-29-27-25-18-16-14-12-10-8-6-4-2)43-68-56-55(66)53(64)51(62)47(72-56)44-69-57-54(65)52(63)50(61)46(41-58)71-57/h10,12,19-20,22-23,26,28,32,34,45-47,50-58,61-66H,3-9,11,13-18,21,24-25,27,29-31,33,35-44H2,1-2H3/b12-10+,20-19+,23-22+,28-26+,34-32+/t45-,46+,47+,50-,51-,52?,53?,54?,55?,56+,57+/m1/s1. The number of rotatable bonds is 43. The molecule has 416 valence electrons. The van der Waals surface area contributed by atoms with Gasteiger partial charge in [0.15, 0.2) is 18.7 Å². The van der Waals surface area contributed by atoms with E-state index in [1.807, 2.05) is 12.2 Å². The number of carbonyl (C=O) groups is 2. The molecule has 2 aliphatic heterocycles. The number of ether oxygens (including phenoxy) is 6. The van der Waals surface area contributed by atoms with E-state index < -0.39 is 99.3 Å². The summed E-state index contributed by atoms with van der Waals surface area (Å²) in [5, 5.41) is 72.2. The molecule has 0 radical (unpaired) electrons. The molecule has 0 aliphatic carbocycles. The zero-order valence-corrected chi connectivity index (χ0v) is 44.1. The van der Waals surface area contributed by atoms with E-state index in [4.69, 9.17) is 28.4 Å². The number of unbranched alkanes of at least 4 members (excludes halogenated alkanes) is 19. The minimum absolute atomic E-state index is 0.0875. The quantitative estimate of drug-likeness (QED) is 0.0172. The number of esters is 2. The molecule has 0 saturated carbocycles. The lowest BCUT2D eigenvalue weighted by Crippen LogP contribution is -2.61. The van der Waals surface area contributed by atoms with Crippen LogP contribution in [0.3, 0.4) is 0 Å². The van der Waals surface area contributed by atoms with E-state index in [1.165, 1.54) is 96.3 Å². The minimum atomic E-state index is -1.78. The van der Waals surface area contributed by atoms with E-state index in [0.29, 0.717) is 19.3 Å². The number of hydrogen-bond donors (Lipinski definition) is 7. The molecule has 7 N–H and O–H groups in total. The van der Waals surface area contributed by atoms with Crippen molar-refractivity contribution >= 4 is 11.9 Å². The Morgan fingerprint density at radius 1 is 0.444 bits per heavy atom. The Bertz CT molecular complexity index is 1480. The molecule has 0 bridgehead atoms. The number of carbonyl (C=O) groups excluding carboxylic acids is 2. The Balaban J connectivity index is 1.81. The summed E-state index contributed by atoms with van der Waals surface area (Å²) in [6.45, 7) is 2.51. The summed E-state index contributed by atoms with van der Waals surface area (Å²) in [6, 6.07) is 0. The molecule has 2 aliphatic rings. The SMILES string of the molecule is CCCC/C=C/CCCCCCCCCCCC(=O)OC[C@H](CO[C@H]1O[C@@H](CO[C@H]2O[C@@H](CO)[C@@H](O)C(O)C2O)[C@@H](O)C(O)C1O)OC(=O)CCC/C=C/C/C=C/C/C=C/C/C=C/CCCCCCCCC. The van der Waals surface area contributed by atoms with Gasteiger partial charge in [-0.1, -0.05) is 171 Å². The predicted octanol–water partition coefficient (Wildman–Crippen LogP) is 8.83. The number of aliphatic hydroxyl groups is 7. The third kappa shape index (κ3) is 30.5. The molecule has 0 aromatic heterocycles. The average Bonchev–Trinajstić information content (AvgIpc) is 3.37. The Labute approximate surface area is 432 Å². The normalized spacial score (nSPS) is 25.5. The van der Waals surface area contributed by atoms with Crippen LogP contribution in [0.2, 0.25) is 0 Å². The molecule has 15 nitrogen and oxygen atoms in total. The van der Waals surface area contributed by atoms with Crippen LogP contribution in [0.5, 0.6) is 0 Å². The molecule has 2 saturated heterocycles. The summed E-state index contributed by atoms with van der Waals surface area (Å²) in [7, 11) is 0. The van der Waals surface area contributed by atoms with Gasteiger partial charge in [-0.15, -0.1) is 0 Å². The molecule has 0 aromatic carbocycles. The van der Waals surface area contributed by atoms with Crippen LogP contribution in [0.4, 0.5) is 0 Å². The van der Waals surface area contributed by atoms with Crippen molar-refractivity contribution in [2.45, 2.75) is 261 Å². The zero-order chi connectivity index (χ0) is 52.4. The lowest BCUT2D eigenvalue weighted by Gasteiger charge is -2.42. The molecule has 72 heavy (non-hydrogen) atoms. The van der Waals surface area contributed by atoms with Crippen LogP contribution in [-0.2, 0) is 38.0 Å². The number of aliphatic hydroxyl groups excluding tert-OH is 7. The first-order valence-electron chi connectivity index (χ1n) is 27.9. The van der Waals surface area contributed by atoms with Crippen molar-refractivity contribution in [3.05, 3.63) is 60.8 Å². The lowest BCUT2D eigenvalue weighted by molar-refractivity contribution is -0.332. The van der Waals surface area contributed by atoms with Crippen molar-refractivity contribution in [1.82, 2.24) is 0 Å². The molecular formula is C57H98O15. The number of allylic oxidation sites excluding steroid dienone is 10. The maximum Gasteiger partial charge on any atom is 0.306 e. The Kier molecular flexibility index (Phi) is 39.4. The van der Waals surface area contributed by atoms with Crippen molar-refractivity contribution in [2.24, 2.45) is 0 Å². The fourth-order valence-electron chi connectivity index (χ4n) is 8.37. The van der Waals surface area contributed by atoms with Gasteiger partial charge >= 0.3 is 11.9 Å². The molecule has 4 unspecified atom stereocenters. The second kappa shape index (κ2) is 43.4. The monoisotopic (exact) mass is 1020 g/mol. The third-order valence-corrected chi connectivity index (χ3v) is 13.0. The zero-order valence-electron chi connectivity index (χ0n) is 44.1. The van der Waals surface area contributed by atoms with Gasteiger partial charge in [-0.25, -0.2) is 0 Å². The summed E-state index contributed by atoms with van der Waals surface area (Å²) in [4.78, 5) is 25.8. The highest BCUT2D eigenvalue weighted by Crippen LogP contribution is 2.26. The molecule has 2 heterocycles. The largest absolute Gasteiger partial charge is 0.462 e. The molecule has 15 heteroatoms. The predicted molar refractivity (Wildman–Crippen MR) is 280 cm³/mol. The van der Waals surface area contributed by atoms with Crippen LogP contribution in [-0.4, -0.2) is 142 Å². The van der Waals surface area contributed by atoms with Crippen LogP contribution >= 0.6 is 0 Å². The van der Waals surface area contributed by atoms with Crippen LogP contribution in [0.15, 0.2) is 60.8 Å². The Hall–Kier alpha value is -2.80. The molecule has 2 rings (SSSR count). The summed E-state index contributed by atoms with van der Waals surface area (Å²) in [6.07, 6.45) is 33.9. The van der Waals surface area contributed by atoms with Crippen molar-refractivity contribution < 1.29 is 73.8 Å². The maximum atomic E-state index is 13.0. The van der Waals surface area contributed by atoms with E-state index in [0.717, 1.165) is 51.4 Å². The van der Waals surface area contributed by atoms with Gasteiger partial charge in [0.2, 0.25) is 0 Å². The van der Waals surface area contributed by atoms with Gasteiger partial charge in [0, 0.05) is 12.8 Å². The fraction of sp³-hybridized carbons (Fsp3) is 0.789. The van der Waals surface area contributed by atoms with Crippen LogP contribution in [0.1, 0.15) is 194 Å². The van der Waals surface area contributed by atoms with Crippen LogP contribution in [0.25, 0.3) is 0 Å². The van der Waals surface area contributed by atoms with Gasteiger partial charge in [0.25, 0.3) is 0 Å². The van der Waals surface area contributed by atoms with E-state index in [-0.39, 0.29) is 19.4 Å². The third-order valence-electron chi connectivity index (χ3n) is 13.0. The first-order chi connectivity index (χ1) is 35.0. The maximum absolute atomic E-state index is 13.0. The topological polar surface area (TPSA) is 231 Å². The highest BCUT2D eigenvalue weighted by atomic mass is 16.7. The van der Waals surface area contributed by atoms with E-state index >= 15 is 0 Å². The second-order valence-electron chi connectivity index (χ2n) is 19.4. The van der Waals surface area contributed by atoms with Gasteiger partial charge in [-0.2, -0.15) is 0 Å². The molecule has 0 amide bonds. The highest BCUT2D eigenvalue weighted by Gasteiger charge is 2.47. The van der Waals surface area contributed by atoms with E-state index in [1.54, 1.807) is 0 Å². The van der Waals surface area contributed by atoms with Gasteiger partial charge in [-0.05, 0) is 70.6 Å². The van der Waals surface area contributed by atoms with E-state index in [9.17, 15) is 45.3 Å². The molecule has 11 atom stereocenters. The smallest absolute Gasteiger partial charge is 0.306 e. The van der Waals surface area contributed by atoms with Gasteiger partial charge < -0.3 is 64.2 Å². The van der Waals surface area contributed by atoms with Gasteiger partial charge in [0.1, 0.15) is 55.4 Å². The molecular weight excluding hydrogens is 925 g/mol. The summed E-state index contributed by atoms with van der Waals surface area (Å²) >= 11 is 0. The second-order valence-corrected chi connectivity index (χ2v) is 19.4. The van der Waals surface area contributed by atoms with Crippen molar-refractivity contribution in [3.63, 3.8) is 0 Å². The highest BCUT2D eigenvalue weighted by molar-refractivity contribution is 5.70. The van der Waals surface area contributed by atoms with Crippen LogP contribution in [0, 0.1) is 0 Å². The summed E-state index contributed by atoms with van der Waals surface area (Å²) in [5.74, 6) is -0.993. The van der Waals surface area contributed by atoms with Crippen molar-refractivity contribution in [1.29, 1.82) is 0 Å².